The Morgan fingerprint density at radius 2 is 1.89 bits per heavy atom. The molecule has 5 nitrogen and oxygen atoms in total. The van der Waals surface area contributed by atoms with Gasteiger partial charge in [-0.15, -0.1) is 0 Å². The first kappa shape index (κ1) is 20.3. The van der Waals surface area contributed by atoms with Gasteiger partial charge in [-0.3, -0.25) is 9.59 Å². The lowest BCUT2D eigenvalue weighted by atomic mass is 10.1. The smallest absolute Gasteiger partial charge is 0.326 e. The van der Waals surface area contributed by atoms with Crippen LogP contribution in [0.1, 0.15) is 23.6 Å². The minimum Gasteiger partial charge on any atom is -0.465 e. The van der Waals surface area contributed by atoms with Gasteiger partial charge in [-0.25, -0.2) is 0 Å². The molecule has 0 N–H and O–H groups in total. The van der Waals surface area contributed by atoms with Crippen LogP contribution in [0.3, 0.4) is 0 Å². The van der Waals surface area contributed by atoms with Crippen LogP contribution >= 0.6 is 22.9 Å². The van der Waals surface area contributed by atoms with E-state index in [1.165, 1.54) is 11.3 Å². The predicted octanol–water partition coefficient (Wildman–Crippen LogP) is 4.21. The van der Waals surface area contributed by atoms with Gasteiger partial charge >= 0.3 is 5.97 Å². The number of aryl methyl sites for hydroxylation is 2. The van der Waals surface area contributed by atoms with E-state index in [9.17, 15) is 9.59 Å². The standard InChI is InChI=1S/C21H21ClN2O3S/c1-4-27-19(26)12-24-17-10-13(2)9-14(3)20(17)28-21(24)23-18(25)11-15-5-7-16(22)8-6-15/h5-10H,4,11-12H2,1-3H3. The normalized spacial score (nSPS) is 11.8. The molecule has 3 rings (SSSR count). The van der Waals surface area contributed by atoms with Gasteiger partial charge in [-0.2, -0.15) is 4.99 Å². The molecule has 0 bridgehead atoms. The van der Waals surface area contributed by atoms with Crippen molar-refractivity contribution in [1.29, 1.82) is 0 Å². The van der Waals surface area contributed by atoms with E-state index in [-0.39, 0.29) is 24.8 Å². The summed E-state index contributed by atoms with van der Waals surface area (Å²) in [6.45, 7) is 6.11. The Hall–Kier alpha value is -2.44. The Kier molecular flexibility index (Phi) is 6.31. The number of benzene rings is 2. The molecule has 0 saturated carbocycles. The molecule has 0 aliphatic rings. The second-order valence-electron chi connectivity index (χ2n) is 6.51. The van der Waals surface area contributed by atoms with E-state index < -0.39 is 0 Å². The molecule has 0 saturated heterocycles. The van der Waals surface area contributed by atoms with Crippen molar-refractivity contribution >= 4 is 45.0 Å². The van der Waals surface area contributed by atoms with Crippen LogP contribution in [0.4, 0.5) is 0 Å². The van der Waals surface area contributed by atoms with Crippen molar-refractivity contribution in [2.75, 3.05) is 6.61 Å². The van der Waals surface area contributed by atoms with Crippen molar-refractivity contribution in [3.8, 4) is 0 Å². The fraction of sp³-hybridized carbons (Fsp3) is 0.286. The van der Waals surface area contributed by atoms with E-state index in [4.69, 9.17) is 16.3 Å². The SMILES string of the molecule is CCOC(=O)Cn1c(=NC(=O)Cc2ccc(Cl)cc2)sc2c(C)cc(C)cc21. The number of hydrogen-bond acceptors (Lipinski definition) is 4. The highest BCUT2D eigenvalue weighted by molar-refractivity contribution is 7.16. The fourth-order valence-electron chi connectivity index (χ4n) is 3.01. The number of fused-ring (bicyclic) bond motifs is 1. The summed E-state index contributed by atoms with van der Waals surface area (Å²) >= 11 is 7.30. The number of carbonyl (C=O) groups is 2. The topological polar surface area (TPSA) is 60.7 Å². The molecule has 0 atom stereocenters. The first-order valence-corrected chi connectivity index (χ1v) is 10.1. The average Bonchev–Trinajstić information content (AvgIpc) is 2.95. The summed E-state index contributed by atoms with van der Waals surface area (Å²) in [7, 11) is 0. The van der Waals surface area contributed by atoms with Gasteiger partial charge in [0.2, 0.25) is 0 Å². The zero-order valence-corrected chi connectivity index (χ0v) is 17.6. The number of nitrogens with zero attached hydrogens (tertiary/aromatic N) is 2. The number of aromatic nitrogens is 1. The number of rotatable bonds is 5. The Bertz CT molecular complexity index is 1100. The van der Waals surface area contributed by atoms with Gasteiger partial charge in [0.05, 0.1) is 23.2 Å². The number of thiazole rings is 1. The molecule has 7 heteroatoms. The van der Waals surface area contributed by atoms with E-state index in [0.717, 1.165) is 26.9 Å². The number of amides is 1. The van der Waals surface area contributed by atoms with Crippen LogP contribution in [-0.4, -0.2) is 23.1 Å². The molecular formula is C21H21ClN2O3S. The quantitative estimate of drug-likeness (QED) is 0.585. The molecule has 2 aromatic carbocycles. The minimum atomic E-state index is -0.354. The second kappa shape index (κ2) is 8.71. The van der Waals surface area contributed by atoms with E-state index >= 15 is 0 Å². The average molecular weight is 417 g/mol. The molecule has 3 aromatic rings. The van der Waals surface area contributed by atoms with Crippen LogP contribution in [0.15, 0.2) is 41.4 Å². The number of carbonyl (C=O) groups excluding carboxylic acids is 2. The summed E-state index contributed by atoms with van der Waals surface area (Å²) in [4.78, 5) is 29.4. The largest absolute Gasteiger partial charge is 0.465 e. The monoisotopic (exact) mass is 416 g/mol. The van der Waals surface area contributed by atoms with Gasteiger partial charge in [0.1, 0.15) is 6.54 Å². The zero-order valence-electron chi connectivity index (χ0n) is 16.0. The van der Waals surface area contributed by atoms with Gasteiger partial charge in [0.15, 0.2) is 4.80 Å². The lowest BCUT2D eigenvalue weighted by Crippen LogP contribution is -2.23. The van der Waals surface area contributed by atoms with E-state index in [0.29, 0.717) is 16.4 Å². The van der Waals surface area contributed by atoms with Crippen molar-refractivity contribution in [2.24, 2.45) is 4.99 Å². The molecule has 0 spiro atoms. The third-order valence-electron chi connectivity index (χ3n) is 4.20. The molecule has 28 heavy (non-hydrogen) atoms. The molecule has 0 fully saturated rings. The maximum atomic E-state index is 12.5. The summed E-state index contributed by atoms with van der Waals surface area (Å²) in [5.74, 6) is -0.631. The summed E-state index contributed by atoms with van der Waals surface area (Å²) in [5.41, 5.74) is 3.89. The van der Waals surface area contributed by atoms with Crippen LogP contribution in [0.25, 0.3) is 10.2 Å². The minimum absolute atomic E-state index is 0.0177. The highest BCUT2D eigenvalue weighted by Crippen LogP contribution is 2.23. The Balaban J connectivity index is 2.03. The van der Waals surface area contributed by atoms with E-state index in [1.54, 1.807) is 35.8 Å². The van der Waals surface area contributed by atoms with Crippen LogP contribution < -0.4 is 4.80 Å². The third kappa shape index (κ3) is 4.69. The maximum Gasteiger partial charge on any atom is 0.326 e. The van der Waals surface area contributed by atoms with Crippen LogP contribution in [-0.2, 0) is 27.3 Å². The maximum absolute atomic E-state index is 12.5. The first-order chi connectivity index (χ1) is 13.4. The number of halogens is 1. The third-order valence-corrected chi connectivity index (χ3v) is 5.68. The molecule has 1 heterocycles. The number of ether oxygens (including phenoxy) is 1. The zero-order chi connectivity index (χ0) is 20.3. The van der Waals surface area contributed by atoms with Crippen molar-refractivity contribution in [2.45, 2.75) is 33.7 Å². The number of hydrogen-bond donors (Lipinski definition) is 0. The second-order valence-corrected chi connectivity index (χ2v) is 7.93. The summed E-state index contributed by atoms with van der Waals surface area (Å²) in [5, 5.41) is 0.621. The van der Waals surface area contributed by atoms with Gasteiger partial charge in [0.25, 0.3) is 5.91 Å². The van der Waals surface area contributed by atoms with Gasteiger partial charge in [-0.1, -0.05) is 41.1 Å². The molecule has 0 aliphatic carbocycles. The summed E-state index contributed by atoms with van der Waals surface area (Å²) in [6, 6.07) is 11.2. The lowest BCUT2D eigenvalue weighted by Gasteiger charge is -2.06. The first-order valence-electron chi connectivity index (χ1n) is 8.95. The summed E-state index contributed by atoms with van der Waals surface area (Å²) in [6.07, 6.45) is 0.169. The Morgan fingerprint density at radius 3 is 2.57 bits per heavy atom. The van der Waals surface area contributed by atoms with Crippen LogP contribution in [0.2, 0.25) is 5.02 Å². The molecule has 1 amide bonds. The van der Waals surface area contributed by atoms with E-state index in [2.05, 4.69) is 11.1 Å². The van der Waals surface area contributed by atoms with Crippen LogP contribution in [0.5, 0.6) is 0 Å². The molecule has 0 aliphatic heterocycles. The summed E-state index contributed by atoms with van der Waals surface area (Å²) < 4.78 is 7.87. The molecule has 1 aromatic heterocycles. The van der Waals surface area contributed by atoms with Gasteiger partial charge in [0, 0.05) is 5.02 Å². The Morgan fingerprint density at radius 1 is 1.18 bits per heavy atom. The van der Waals surface area contributed by atoms with Crippen molar-refractivity contribution < 1.29 is 14.3 Å². The van der Waals surface area contributed by atoms with Crippen molar-refractivity contribution in [3.05, 3.63) is 62.9 Å². The Labute approximate surface area is 172 Å². The van der Waals surface area contributed by atoms with Gasteiger partial charge < -0.3 is 9.30 Å². The highest BCUT2D eigenvalue weighted by Gasteiger charge is 2.14. The molecular weight excluding hydrogens is 396 g/mol. The van der Waals surface area contributed by atoms with E-state index in [1.807, 2.05) is 19.9 Å². The van der Waals surface area contributed by atoms with Crippen molar-refractivity contribution in [3.63, 3.8) is 0 Å². The fourth-order valence-corrected chi connectivity index (χ4v) is 4.23. The predicted molar refractivity (Wildman–Crippen MR) is 112 cm³/mol. The molecule has 0 radical (unpaired) electrons. The lowest BCUT2D eigenvalue weighted by molar-refractivity contribution is -0.143. The van der Waals surface area contributed by atoms with Crippen molar-refractivity contribution in [1.82, 2.24) is 4.57 Å². The molecule has 146 valence electrons. The van der Waals surface area contributed by atoms with Crippen LogP contribution in [0, 0.1) is 13.8 Å². The highest BCUT2D eigenvalue weighted by atomic mass is 35.5. The molecule has 0 unspecified atom stereocenters. The van der Waals surface area contributed by atoms with Gasteiger partial charge in [-0.05, 0) is 55.7 Å². The number of esters is 1.